The Bertz CT molecular complexity index is 941. The lowest BCUT2D eigenvalue weighted by molar-refractivity contribution is -0.274. The number of rotatable bonds is 5. The minimum absolute atomic E-state index is 0.144. The van der Waals surface area contributed by atoms with E-state index in [-0.39, 0.29) is 23.5 Å². The van der Waals surface area contributed by atoms with Gasteiger partial charge in [0.25, 0.3) is 5.91 Å². The van der Waals surface area contributed by atoms with E-state index >= 15 is 0 Å². The van der Waals surface area contributed by atoms with Crippen LogP contribution in [0.25, 0.3) is 0 Å². The third kappa shape index (κ3) is 5.64. The molecule has 32 heavy (non-hydrogen) atoms. The van der Waals surface area contributed by atoms with Crippen LogP contribution in [0.1, 0.15) is 28.8 Å². The molecule has 2 aliphatic heterocycles. The molecule has 0 aromatic heterocycles. The average molecular weight is 450 g/mol. The van der Waals surface area contributed by atoms with Gasteiger partial charge in [-0.15, -0.1) is 13.2 Å². The highest BCUT2D eigenvalue weighted by molar-refractivity contribution is 5.94. The maximum absolute atomic E-state index is 12.6. The number of hydrogen-bond acceptors (Lipinski definition) is 5. The lowest BCUT2D eigenvalue weighted by Crippen LogP contribution is -2.43. The molecule has 0 unspecified atom stereocenters. The number of nitrogens with one attached hydrogen (secondary N) is 1. The first-order valence-electron chi connectivity index (χ1n) is 10.5. The molecule has 1 atom stereocenters. The molecule has 0 saturated carbocycles. The second-order valence-corrected chi connectivity index (χ2v) is 8.11. The number of fused-ring (bicyclic) bond motifs is 1. The SMILES string of the molecule is CN1CCC(Oc2cccc3c2C[C@H](NC(=O)c2ccc(OC(F)(F)F)cc2)CO3)CC1. The summed E-state index contributed by atoms with van der Waals surface area (Å²) in [6.07, 6.45) is -2.18. The predicted octanol–water partition coefficient (Wildman–Crippen LogP) is 3.79. The number of alkyl halides is 3. The molecule has 172 valence electrons. The second-order valence-electron chi connectivity index (χ2n) is 8.11. The highest BCUT2D eigenvalue weighted by Crippen LogP contribution is 2.34. The Labute approximate surface area is 184 Å². The first-order chi connectivity index (χ1) is 15.3. The van der Waals surface area contributed by atoms with Gasteiger partial charge in [0.2, 0.25) is 0 Å². The molecule has 0 bridgehead atoms. The Morgan fingerprint density at radius 3 is 2.53 bits per heavy atom. The molecule has 9 heteroatoms. The van der Waals surface area contributed by atoms with Crippen LogP contribution in [-0.4, -0.2) is 56.1 Å². The predicted molar refractivity (Wildman–Crippen MR) is 111 cm³/mol. The molecule has 0 radical (unpaired) electrons. The lowest BCUT2D eigenvalue weighted by atomic mass is 10.0. The van der Waals surface area contributed by atoms with Crippen LogP contribution in [0, 0.1) is 0 Å². The number of hydrogen-bond donors (Lipinski definition) is 1. The van der Waals surface area contributed by atoms with Crippen molar-refractivity contribution in [3.8, 4) is 17.2 Å². The number of halogens is 3. The fraction of sp³-hybridized carbons (Fsp3) is 0.435. The molecule has 4 rings (SSSR count). The van der Waals surface area contributed by atoms with Crippen molar-refractivity contribution < 1.29 is 32.2 Å². The van der Waals surface area contributed by atoms with Gasteiger partial charge in [-0.2, -0.15) is 0 Å². The van der Waals surface area contributed by atoms with Crippen molar-refractivity contribution in [1.82, 2.24) is 10.2 Å². The number of carbonyl (C=O) groups excluding carboxylic acids is 1. The van der Waals surface area contributed by atoms with Gasteiger partial charge < -0.3 is 24.4 Å². The van der Waals surface area contributed by atoms with Gasteiger partial charge in [0.1, 0.15) is 30.0 Å². The van der Waals surface area contributed by atoms with Gasteiger partial charge in [0.15, 0.2) is 0 Å². The van der Waals surface area contributed by atoms with Gasteiger partial charge in [-0.1, -0.05) is 6.07 Å². The van der Waals surface area contributed by atoms with Crippen LogP contribution in [0.3, 0.4) is 0 Å². The minimum atomic E-state index is -4.77. The summed E-state index contributed by atoms with van der Waals surface area (Å²) in [6.45, 7) is 2.27. The Morgan fingerprint density at radius 1 is 1.12 bits per heavy atom. The summed E-state index contributed by atoms with van der Waals surface area (Å²) in [6, 6.07) is 10.2. The molecule has 2 aromatic carbocycles. The van der Waals surface area contributed by atoms with E-state index in [1.54, 1.807) is 0 Å². The standard InChI is InChI=1S/C23H25F3N2O4/c1-28-11-9-17(10-12-28)31-21-4-2-3-20-19(21)13-16(14-30-20)27-22(29)15-5-7-18(8-6-15)32-23(24,25)26/h2-8,16-17H,9-14H2,1H3,(H,27,29)/t16-/m0/s1. The van der Waals surface area contributed by atoms with Gasteiger partial charge in [-0.3, -0.25) is 4.79 Å². The Balaban J connectivity index is 1.39. The van der Waals surface area contributed by atoms with E-state index in [1.165, 1.54) is 12.1 Å². The van der Waals surface area contributed by atoms with Gasteiger partial charge in [-0.05, 0) is 56.3 Å². The lowest BCUT2D eigenvalue weighted by Gasteiger charge is -2.32. The maximum atomic E-state index is 12.6. The number of carbonyl (C=O) groups is 1. The zero-order valence-electron chi connectivity index (χ0n) is 17.7. The van der Waals surface area contributed by atoms with Gasteiger partial charge in [-0.25, -0.2) is 0 Å². The summed E-state index contributed by atoms with van der Waals surface area (Å²) in [7, 11) is 2.10. The van der Waals surface area contributed by atoms with Crippen LogP contribution < -0.4 is 19.5 Å². The van der Waals surface area contributed by atoms with Crippen molar-refractivity contribution in [1.29, 1.82) is 0 Å². The van der Waals surface area contributed by atoms with Crippen molar-refractivity contribution in [3.05, 3.63) is 53.6 Å². The first kappa shape index (κ1) is 22.3. The average Bonchev–Trinajstić information content (AvgIpc) is 2.75. The van der Waals surface area contributed by atoms with E-state index in [9.17, 15) is 18.0 Å². The molecule has 2 aromatic rings. The minimum Gasteiger partial charge on any atom is -0.491 e. The van der Waals surface area contributed by atoms with Crippen molar-refractivity contribution in [3.63, 3.8) is 0 Å². The van der Waals surface area contributed by atoms with Crippen LogP contribution in [-0.2, 0) is 6.42 Å². The molecule has 0 aliphatic carbocycles. The normalized spacial score (nSPS) is 19.6. The fourth-order valence-corrected chi connectivity index (χ4v) is 3.94. The Hall–Kier alpha value is -2.94. The summed E-state index contributed by atoms with van der Waals surface area (Å²) in [4.78, 5) is 14.9. The van der Waals surface area contributed by atoms with E-state index in [0.29, 0.717) is 13.0 Å². The molecule has 1 saturated heterocycles. The van der Waals surface area contributed by atoms with E-state index in [2.05, 4.69) is 22.0 Å². The molecule has 1 amide bonds. The summed E-state index contributed by atoms with van der Waals surface area (Å²) < 4.78 is 52.9. The van der Waals surface area contributed by atoms with Crippen LogP contribution in [0.5, 0.6) is 17.2 Å². The van der Waals surface area contributed by atoms with E-state index in [4.69, 9.17) is 9.47 Å². The summed E-state index contributed by atoms with van der Waals surface area (Å²) >= 11 is 0. The molecular formula is C23H25F3N2O4. The smallest absolute Gasteiger partial charge is 0.491 e. The van der Waals surface area contributed by atoms with Crippen molar-refractivity contribution in [2.24, 2.45) is 0 Å². The number of nitrogens with zero attached hydrogens (tertiary/aromatic N) is 1. The van der Waals surface area contributed by atoms with Crippen LogP contribution in [0.4, 0.5) is 13.2 Å². The first-order valence-corrected chi connectivity index (χ1v) is 10.5. The van der Waals surface area contributed by atoms with Crippen molar-refractivity contribution >= 4 is 5.91 Å². The number of ether oxygens (including phenoxy) is 3. The van der Waals surface area contributed by atoms with E-state index in [1.807, 2.05) is 18.2 Å². The molecule has 2 heterocycles. The number of benzene rings is 2. The molecule has 1 fully saturated rings. The summed E-state index contributed by atoms with van der Waals surface area (Å²) in [5.41, 5.74) is 1.15. The van der Waals surface area contributed by atoms with Crippen molar-refractivity contribution in [2.75, 3.05) is 26.7 Å². The maximum Gasteiger partial charge on any atom is 0.573 e. The monoisotopic (exact) mass is 450 g/mol. The summed E-state index contributed by atoms with van der Waals surface area (Å²) in [5, 5.41) is 2.89. The van der Waals surface area contributed by atoms with E-state index in [0.717, 1.165) is 55.1 Å². The third-order valence-electron chi connectivity index (χ3n) is 5.63. The highest BCUT2D eigenvalue weighted by Gasteiger charge is 2.31. The topological polar surface area (TPSA) is 60.0 Å². The van der Waals surface area contributed by atoms with Gasteiger partial charge in [0.05, 0.1) is 6.04 Å². The molecule has 1 N–H and O–H groups in total. The Kier molecular flexibility index (Phi) is 6.45. The number of amides is 1. The molecule has 0 spiro atoms. The zero-order valence-corrected chi connectivity index (χ0v) is 17.7. The van der Waals surface area contributed by atoms with Crippen LogP contribution in [0.15, 0.2) is 42.5 Å². The highest BCUT2D eigenvalue weighted by atomic mass is 19.4. The largest absolute Gasteiger partial charge is 0.573 e. The van der Waals surface area contributed by atoms with Crippen molar-refractivity contribution in [2.45, 2.75) is 37.8 Å². The molecular weight excluding hydrogens is 425 g/mol. The van der Waals surface area contributed by atoms with Crippen LogP contribution >= 0.6 is 0 Å². The van der Waals surface area contributed by atoms with Gasteiger partial charge >= 0.3 is 6.36 Å². The Morgan fingerprint density at radius 2 is 1.84 bits per heavy atom. The van der Waals surface area contributed by atoms with E-state index < -0.39 is 12.3 Å². The molecule has 6 nitrogen and oxygen atoms in total. The fourth-order valence-electron chi connectivity index (χ4n) is 3.94. The summed E-state index contributed by atoms with van der Waals surface area (Å²) in [5.74, 6) is 0.744. The number of piperidine rings is 1. The third-order valence-corrected chi connectivity index (χ3v) is 5.63. The quantitative estimate of drug-likeness (QED) is 0.751. The van der Waals surface area contributed by atoms with Crippen LogP contribution in [0.2, 0.25) is 0 Å². The second kappa shape index (κ2) is 9.28. The zero-order chi connectivity index (χ0) is 22.7. The number of likely N-dealkylation sites (tertiary alicyclic amines) is 1. The molecule has 2 aliphatic rings. The van der Waals surface area contributed by atoms with Gasteiger partial charge in [0, 0.05) is 30.6 Å².